The first-order valence-corrected chi connectivity index (χ1v) is 3.46. The van der Waals surface area contributed by atoms with E-state index in [-0.39, 0.29) is 5.70 Å². The number of aliphatic hydroxyl groups excluding tert-OH is 1. The number of carbonyl (C=O) groups excluding carboxylic acids is 1. The molecule has 1 aliphatic heterocycles. The summed E-state index contributed by atoms with van der Waals surface area (Å²) in [5.74, 6) is -0.502. The van der Waals surface area contributed by atoms with Crippen LogP contribution in [0.5, 0.6) is 0 Å². The second kappa shape index (κ2) is 3.28. The summed E-state index contributed by atoms with van der Waals surface area (Å²) < 4.78 is 4.84. The Morgan fingerprint density at radius 3 is 2.85 bits per heavy atom. The number of rotatable bonds is 1. The van der Waals surface area contributed by atoms with Gasteiger partial charge in [0.05, 0.1) is 0 Å². The molecule has 0 aromatic rings. The normalized spacial score (nSPS) is 22.7. The Hall–Kier alpha value is -1.81. The van der Waals surface area contributed by atoms with E-state index in [1.165, 1.54) is 14.2 Å². The molecule has 0 saturated carbocycles. The van der Waals surface area contributed by atoms with Crippen molar-refractivity contribution in [1.82, 2.24) is 10.2 Å². The van der Waals surface area contributed by atoms with Gasteiger partial charge in [0.2, 0.25) is 11.6 Å². The molecule has 2 N–H and O–H groups in total. The molecule has 0 fully saturated rings. The maximum Gasteiger partial charge on any atom is 0.469 e. The van der Waals surface area contributed by atoms with Crippen LogP contribution in [0.4, 0.5) is 4.79 Å². The average Bonchev–Trinajstić information content (AvgIpc) is 2.10. The third-order valence-electron chi connectivity index (χ3n) is 1.70. The number of hydrogen-bond acceptors (Lipinski definition) is 4. The molecule has 13 heavy (non-hydrogen) atoms. The van der Waals surface area contributed by atoms with Crippen molar-refractivity contribution in [3.8, 4) is 0 Å². The maximum absolute atomic E-state index is 11.1. The monoisotopic (exact) mass is 185 g/mol. The molecule has 70 valence electrons. The number of carbonyl (C=O) groups is 1. The fraction of sp³-hybridized carbons (Fsp3) is 0.500. The summed E-state index contributed by atoms with van der Waals surface area (Å²) in [6.45, 7) is 0. The van der Waals surface area contributed by atoms with Crippen LogP contribution in [0.2, 0.25) is 0 Å². The van der Waals surface area contributed by atoms with Gasteiger partial charge in [-0.25, -0.2) is 4.79 Å². The SMILES string of the molecule is COC1C([N+]#N)=C(O)NC(=O)N1C. The molecule has 0 radical (unpaired) electrons. The third-order valence-corrected chi connectivity index (χ3v) is 1.70. The summed E-state index contributed by atoms with van der Waals surface area (Å²) in [5.41, 5.74) is -0.135. The second-order valence-electron chi connectivity index (χ2n) is 2.46. The molecule has 2 amide bonds. The third kappa shape index (κ3) is 1.39. The van der Waals surface area contributed by atoms with E-state index in [0.29, 0.717) is 0 Å². The largest absolute Gasteiger partial charge is 0.489 e. The Bertz CT molecular complexity index is 305. The summed E-state index contributed by atoms with van der Waals surface area (Å²) in [6, 6.07) is -0.531. The van der Waals surface area contributed by atoms with Crippen molar-refractivity contribution < 1.29 is 14.6 Å². The zero-order valence-corrected chi connectivity index (χ0v) is 7.18. The van der Waals surface area contributed by atoms with Gasteiger partial charge in [-0.1, -0.05) is 0 Å². The zero-order chi connectivity index (χ0) is 10.0. The molecular formula is C6H9N4O3+. The van der Waals surface area contributed by atoms with Crippen LogP contribution in [0.3, 0.4) is 0 Å². The molecule has 0 bridgehead atoms. The van der Waals surface area contributed by atoms with Crippen molar-refractivity contribution in [2.75, 3.05) is 14.2 Å². The highest BCUT2D eigenvalue weighted by Gasteiger charge is 2.42. The highest BCUT2D eigenvalue weighted by atomic mass is 16.5. The van der Waals surface area contributed by atoms with Crippen molar-refractivity contribution in [1.29, 1.82) is 5.39 Å². The molecule has 7 heteroatoms. The average molecular weight is 185 g/mol. The standard InChI is InChI=1S/C6H8N4O3/c1-10-5(13-2)3(9-7)4(11)8-6(10)12/h5H,1-2H3,(H-,8,11,12)/p+1. The smallest absolute Gasteiger partial charge is 0.469 e. The molecule has 7 nitrogen and oxygen atoms in total. The molecule has 0 aromatic carbocycles. The lowest BCUT2D eigenvalue weighted by atomic mass is 10.3. The van der Waals surface area contributed by atoms with Gasteiger partial charge >= 0.3 is 11.7 Å². The number of methoxy groups -OCH3 is 1. The van der Waals surface area contributed by atoms with Gasteiger partial charge < -0.3 is 9.84 Å². The predicted octanol–water partition coefficient (Wildman–Crippen LogP) is 0.194. The van der Waals surface area contributed by atoms with Crippen molar-refractivity contribution >= 4 is 6.03 Å². The number of nitrogens with one attached hydrogen (secondary N) is 1. The summed E-state index contributed by atoms with van der Waals surface area (Å²) in [6.07, 6.45) is -0.876. The number of aliphatic hydroxyl groups is 1. The van der Waals surface area contributed by atoms with Crippen molar-refractivity contribution in [3.63, 3.8) is 0 Å². The molecule has 1 unspecified atom stereocenters. The van der Waals surface area contributed by atoms with E-state index < -0.39 is 18.1 Å². The van der Waals surface area contributed by atoms with Crippen LogP contribution in [0.25, 0.3) is 4.98 Å². The van der Waals surface area contributed by atoms with E-state index in [0.717, 1.165) is 4.90 Å². The molecule has 1 heterocycles. The van der Waals surface area contributed by atoms with Crippen LogP contribution < -0.4 is 5.32 Å². The van der Waals surface area contributed by atoms with Crippen LogP contribution in [0.15, 0.2) is 11.6 Å². The van der Waals surface area contributed by atoms with E-state index in [1.54, 1.807) is 0 Å². The number of likely N-dealkylation sites (N-methyl/N-ethyl adjacent to an activating group) is 1. The van der Waals surface area contributed by atoms with Gasteiger partial charge in [-0.15, -0.1) is 0 Å². The maximum atomic E-state index is 11.1. The number of diazo groups is 1. The van der Waals surface area contributed by atoms with Crippen LogP contribution >= 0.6 is 0 Å². The number of urea groups is 1. The topological polar surface area (TPSA) is 90.0 Å². The molecular weight excluding hydrogens is 176 g/mol. The first-order chi connectivity index (χ1) is 6.11. The Labute approximate surface area is 74.2 Å². The van der Waals surface area contributed by atoms with Gasteiger partial charge in [-0.05, 0) is 0 Å². The van der Waals surface area contributed by atoms with Gasteiger partial charge in [0.1, 0.15) is 0 Å². The lowest BCUT2D eigenvalue weighted by molar-refractivity contribution is 0.0224. The van der Waals surface area contributed by atoms with E-state index in [4.69, 9.17) is 15.2 Å². The van der Waals surface area contributed by atoms with Gasteiger partial charge in [-0.2, -0.15) is 0 Å². The van der Waals surface area contributed by atoms with Gasteiger partial charge in [-0.3, -0.25) is 10.2 Å². The Balaban J connectivity index is 3.08. The molecule has 0 aliphatic carbocycles. The number of amides is 2. The highest BCUT2D eigenvalue weighted by Crippen LogP contribution is 2.18. The minimum atomic E-state index is -0.876. The molecule has 0 spiro atoms. The molecule has 0 saturated heterocycles. The summed E-state index contributed by atoms with van der Waals surface area (Å²) in [5, 5.41) is 19.7. The summed E-state index contributed by atoms with van der Waals surface area (Å²) in [4.78, 5) is 15.0. The Kier molecular flexibility index (Phi) is 2.34. The van der Waals surface area contributed by atoms with Crippen molar-refractivity contribution in [2.45, 2.75) is 6.23 Å². The minimum absolute atomic E-state index is 0.135. The molecule has 1 atom stereocenters. The first-order valence-electron chi connectivity index (χ1n) is 3.46. The molecule has 1 aliphatic rings. The van der Waals surface area contributed by atoms with Crippen LogP contribution in [-0.2, 0) is 4.74 Å². The van der Waals surface area contributed by atoms with E-state index in [2.05, 4.69) is 10.3 Å². The fourth-order valence-corrected chi connectivity index (χ4v) is 1.03. The second-order valence-corrected chi connectivity index (χ2v) is 2.46. The predicted molar refractivity (Wildman–Crippen MR) is 41.8 cm³/mol. The van der Waals surface area contributed by atoms with Crippen LogP contribution in [0.1, 0.15) is 0 Å². The van der Waals surface area contributed by atoms with Crippen LogP contribution in [0, 0.1) is 5.39 Å². The Morgan fingerprint density at radius 1 is 1.77 bits per heavy atom. The fourth-order valence-electron chi connectivity index (χ4n) is 1.03. The Morgan fingerprint density at radius 2 is 2.38 bits per heavy atom. The van der Waals surface area contributed by atoms with E-state index in [9.17, 15) is 4.79 Å². The number of ether oxygens (including phenoxy) is 1. The lowest BCUT2D eigenvalue weighted by Gasteiger charge is -2.25. The summed E-state index contributed by atoms with van der Waals surface area (Å²) in [7, 11) is 2.78. The lowest BCUT2D eigenvalue weighted by Crippen LogP contribution is -2.49. The quantitative estimate of drug-likeness (QED) is 0.571. The molecule has 0 aromatic heterocycles. The van der Waals surface area contributed by atoms with Gasteiger partial charge in [0.15, 0.2) is 4.98 Å². The van der Waals surface area contributed by atoms with Gasteiger partial charge in [0, 0.05) is 14.2 Å². The zero-order valence-electron chi connectivity index (χ0n) is 7.18. The summed E-state index contributed by atoms with van der Waals surface area (Å²) >= 11 is 0. The minimum Gasteiger partial charge on any atom is -0.489 e. The van der Waals surface area contributed by atoms with E-state index in [1.807, 2.05) is 0 Å². The van der Waals surface area contributed by atoms with Crippen molar-refractivity contribution in [3.05, 3.63) is 16.6 Å². The number of nitrogens with zero attached hydrogens (tertiary/aromatic N) is 3. The highest BCUT2D eigenvalue weighted by molar-refractivity contribution is 5.77. The van der Waals surface area contributed by atoms with Crippen LogP contribution in [-0.4, -0.2) is 36.4 Å². The molecule has 1 rings (SSSR count). The van der Waals surface area contributed by atoms with E-state index >= 15 is 0 Å². The van der Waals surface area contributed by atoms with Crippen molar-refractivity contribution in [2.24, 2.45) is 0 Å². The number of hydrogen-bond donors (Lipinski definition) is 2. The first kappa shape index (κ1) is 9.28. The van der Waals surface area contributed by atoms with Gasteiger partial charge in [0.25, 0.3) is 5.88 Å².